The third kappa shape index (κ3) is 6.65. The number of likely N-dealkylation sites (N-methyl/N-ethyl adjacent to an activating group) is 1. The number of nitrogens with zero attached hydrogens (tertiary/aromatic N) is 2. The van der Waals surface area contributed by atoms with Crippen LogP contribution in [0.2, 0.25) is 5.02 Å². The number of hydrogen-bond donors (Lipinski definition) is 1. The zero-order chi connectivity index (χ0) is 23.9. The second-order valence-electron chi connectivity index (χ2n) is 9.08. The summed E-state index contributed by atoms with van der Waals surface area (Å²) >= 11 is 7.80. The molecule has 1 aliphatic heterocycles. The van der Waals surface area contributed by atoms with Gasteiger partial charge in [0.1, 0.15) is 6.54 Å². The number of carbonyl (C=O) groups is 2. The number of nitrogens with one attached hydrogen (secondary N) is 1. The molecule has 0 radical (unpaired) electrons. The Labute approximate surface area is 211 Å². The number of carbonyl (C=O) groups excluding carboxylic acids is 2. The molecule has 1 saturated heterocycles. The minimum Gasteiger partial charge on any atom is -0.353 e. The molecule has 1 N–H and O–H groups in total. The van der Waals surface area contributed by atoms with Gasteiger partial charge in [0.15, 0.2) is 0 Å². The second kappa shape index (κ2) is 11.9. The van der Waals surface area contributed by atoms with E-state index in [0.29, 0.717) is 21.7 Å². The molecule has 180 valence electrons. The molecule has 34 heavy (non-hydrogen) atoms. The van der Waals surface area contributed by atoms with Crippen LogP contribution in [0.5, 0.6) is 0 Å². The van der Waals surface area contributed by atoms with Gasteiger partial charge in [-0.2, -0.15) is 0 Å². The molecule has 2 fully saturated rings. The Balaban J connectivity index is 1.36. The lowest BCUT2D eigenvalue weighted by Gasteiger charge is -2.43. The Bertz CT molecular complexity index is 1030. The van der Waals surface area contributed by atoms with Gasteiger partial charge in [0.2, 0.25) is 5.91 Å². The molecule has 2 amide bonds. The lowest BCUT2D eigenvalue weighted by molar-refractivity contribution is -0.135. The normalized spacial score (nSPS) is 21.6. The number of hydrogen-bond acceptors (Lipinski definition) is 4. The summed E-state index contributed by atoms with van der Waals surface area (Å²) in [5.41, 5.74) is 2.15. The monoisotopic (exact) mass is 497 g/mol. The second-order valence-corrected chi connectivity index (χ2v) is 10.8. The van der Waals surface area contributed by atoms with E-state index in [0.717, 1.165) is 37.9 Å². The minimum atomic E-state index is -0.0974. The van der Waals surface area contributed by atoms with Gasteiger partial charge >= 0.3 is 0 Å². The zero-order valence-corrected chi connectivity index (χ0v) is 21.2. The highest BCUT2D eigenvalue weighted by Crippen LogP contribution is 2.42. The molecule has 0 spiro atoms. The van der Waals surface area contributed by atoms with Gasteiger partial charge in [0.05, 0.1) is 4.91 Å². The number of rotatable bonds is 8. The summed E-state index contributed by atoms with van der Waals surface area (Å²) in [5, 5.41) is 4.00. The summed E-state index contributed by atoms with van der Waals surface area (Å²) < 4.78 is 0. The fraction of sp³-hybridized carbons (Fsp3) is 0.407. The number of benzene rings is 2. The maximum Gasteiger partial charge on any atom is 0.261 e. The van der Waals surface area contributed by atoms with Crippen LogP contribution >= 0.6 is 23.4 Å². The van der Waals surface area contributed by atoms with Gasteiger partial charge in [-0.25, -0.2) is 0 Å². The SMILES string of the molecule is CN(CCNC(=O)CN1C(=O)/C(=C\c2cccc(Cl)c2)SC2CCCCC21)Cc1ccccc1. The molecule has 5 nitrogen and oxygen atoms in total. The molecule has 1 saturated carbocycles. The summed E-state index contributed by atoms with van der Waals surface area (Å²) in [7, 11) is 2.05. The Morgan fingerprint density at radius 3 is 2.76 bits per heavy atom. The van der Waals surface area contributed by atoms with Gasteiger partial charge in [-0.15, -0.1) is 11.8 Å². The lowest BCUT2D eigenvalue weighted by atomic mass is 9.93. The van der Waals surface area contributed by atoms with E-state index in [2.05, 4.69) is 22.3 Å². The molecule has 7 heteroatoms. The van der Waals surface area contributed by atoms with Crippen molar-refractivity contribution in [2.24, 2.45) is 0 Å². The van der Waals surface area contributed by atoms with Gasteiger partial charge in [-0.1, -0.05) is 66.9 Å². The van der Waals surface area contributed by atoms with Crippen LogP contribution in [0.1, 0.15) is 36.8 Å². The first kappa shape index (κ1) is 24.8. The summed E-state index contributed by atoms with van der Waals surface area (Å²) in [6.07, 6.45) is 6.21. The standard InChI is InChI=1S/C27H32ClN3O2S/c1-30(18-20-8-3-2-4-9-20)15-14-29-26(32)19-31-23-12-5-6-13-24(23)34-25(27(31)33)17-21-10-7-11-22(28)16-21/h2-4,7-11,16-17,23-24H,5-6,12-15,18-19H2,1H3,(H,29,32)/b25-17+. The highest BCUT2D eigenvalue weighted by atomic mass is 35.5. The van der Waals surface area contributed by atoms with Crippen molar-refractivity contribution < 1.29 is 9.59 Å². The van der Waals surface area contributed by atoms with Crippen LogP contribution in [0.3, 0.4) is 0 Å². The molecule has 0 bridgehead atoms. The maximum atomic E-state index is 13.4. The van der Waals surface area contributed by atoms with E-state index in [-0.39, 0.29) is 24.4 Å². The molecule has 0 aromatic heterocycles. The molecule has 2 atom stereocenters. The number of halogens is 1. The van der Waals surface area contributed by atoms with E-state index in [4.69, 9.17) is 11.6 Å². The fourth-order valence-electron chi connectivity index (χ4n) is 4.68. The maximum absolute atomic E-state index is 13.4. The van der Waals surface area contributed by atoms with Crippen molar-refractivity contribution in [3.8, 4) is 0 Å². The Morgan fingerprint density at radius 1 is 1.18 bits per heavy atom. The Morgan fingerprint density at radius 2 is 1.97 bits per heavy atom. The van der Waals surface area contributed by atoms with Crippen molar-refractivity contribution >= 4 is 41.3 Å². The Kier molecular flexibility index (Phi) is 8.70. The molecule has 4 rings (SSSR count). The Hall–Kier alpha value is -2.28. The van der Waals surface area contributed by atoms with E-state index in [9.17, 15) is 9.59 Å². The van der Waals surface area contributed by atoms with Crippen molar-refractivity contribution in [2.75, 3.05) is 26.7 Å². The topological polar surface area (TPSA) is 52.7 Å². The molecule has 1 heterocycles. The molecular weight excluding hydrogens is 466 g/mol. The first-order valence-corrected chi connectivity index (χ1v) is 13.2. The van der Waals surface area contributed by atoms with E-state index >= 15 is 0 Å². The van der Waals surface area contributed by atoms with Crippen LogP contribution in [0.15, 0.2) is 59.5 Å². The van der Waals surface area contributed by atoms with Gasteiger partial charge < -0.3 is 15.1 Å². The van der Waals surface area contributed by atoms with Crippen LogP contribution in [-0.2, 0) is 16.1 Å². The summed E-state index contributed by atoms with van der Waals surface area (Å²) in [6.45, 7) is 2.24. The summed E-state index contributed by atoms with van der Waals surface area (Å²) in [4.78, 5) is 30.9. The highest BCUT2D eigenvalue weighted by molar-refractivity contribution is 8.04. The highest BCUT2D eigenvalue weighted by Gasteiger charge is 2.41. The largest absolute Gasteiger partial charge is 0.353 e. The summed E-state index contributed by atoms with van der Waals surface area (Å²) in [6, 6.07) is 17.9. The predicted molar refractivity (Wildman–Crippen MR) is 141 cm³/mol. The molecule has 2 aromatic carbocycles. The van der Waals surface area contributed by atoms with E-state index in [1.165, 1.54) is 12.0 Å². The van der Waals surface area contributed by atoms with E-state index < -0.39 is 0 Å². The first-order chi connectivity index (χ1) is 16.5. The molecule has 2 aromatic rings. The van der Waals surface area contributed by atoms with Crippen LogP contribution < -0.4 is 5.32 Å². The first-order valence-electron chi connectivity index (χ1n) is 11.9. The van der Waals surface area contributed by atoms with Gasteiger partial charge in [-0.05, 0) is 49.2 Å². The number of thioether (sulfide) groups is 1. The van der Waals surface area contributed by atoms with Crippen molar-refractivity contribution in [3.05, 3.63) is 75.7 Å². The minimum absolute atomic E-state index is 0.0514. The average Bonchev–Trinajstić information content (AvgIpc) is 2.82. The lowest BCUT2D eigenvalue weighted by Crippen LogP contribution is -2.54. The van der Waals surface area contributed by atoms with Crippen LogP contribution in [0.4, 0.5) is 0 Å². The molecular formula is C27H32ClN3O2S. The zero-order valence-electron chi connectivity index (χ0n) is 19.6. The van der Waals surface area contributed by atoms with Gasteiger partial charge in [0.25, 0.3) is 5.91 Å². The number of fused-ring (bicyclic) bond motifs is 1. The number of amides is 2. The fourth-order valence-corrected chi connectivity index (χ4v) is 6.35. The average molecular weight is 498 g/mol. The third-order valence-corrected chi connectivity index (χ3v) is 8.02. The van der Waals surface area contributed by atoms with Crippen LogP contribution in [-0.4, -0.2) is 59.6 Å². The molecule has 1 aliphatic carbocycles. The van der Waals surface area contributed by atoms with Crippen LogP contribution in [0, 0.1) is 0 Å². The van der Waals surface area contributed by atoms with Crippen molar-refractivity contribution in [3.63, 3.8) is 0 Å². The van der Waals surface area contributed by atoms with Gasteiger partial charge in [-0.3, -0.25) is 9.59 Å². The van der Waals surface area contributed by atoms with Crippen molar-refractivity contribution in [2.45, 2.75) is 43.5 Å². The van der Waals surface area contributed by atoms with Crippen molar-refractivity contribution in [1.82, 2.24) is 15.1 Å². The van der Waals surface area contributed by atoms with Crippen LogP contribution in [0.25, 0.3) is 6.08 Å². The van der Waals surface area contributed by atoms with E-state index in [1.807, 2.05) is 55.6 Å². The summed E-state index contributed by atoms with van der Waals surface area (Å²) in [5.74, 6) is -0.149. The molecule has 2 aliphatic rings. The van der Waals surface area contributed by atoms with E-state index in [1.54, 1.807) is 16.7 Å². The third-order valence-electron chi connectivity index (χ3n) is 6.39. The smallest absolute Gasteiger partial charge is 0.261 e. The van der Waals surface area contributed by atoms with Gasteiger partial charge in [0, 0.05) is 35.9 Å². The predicted octanol–water partition coefficient (Wildman–Crippen LogP) is 4.82. The molecule has 2 unspecified atom stereocenters. The quantitative estimate of drug-likeness (QED) is 0.531. The van der Waals surface area contributed by atoms with Crippen molar-refractivity contribution in [1.29, 1.82) is 0 Å².